The monoisotopic (exact) mass is 302 g/mol. The summed E-state index contributed by atoms with van der Waals surface area (Å²) in [6, 6.07) is 6.03. The van der Waals surface area contributed by atoms with Crippen LogP contribution in [0.1, 0.15) is 31.2 Å². The second-order valence-electron chi connectivity index (χ2n) is 5.37. The van der Waals surface area contributed by atoms with E-state index in [4.69, 9.17) is 0 Å². The first kappa shape index (κ1) is 15.8. The van der Waals surface area contributed by atoms with E-state index in [0.717, 1.165) is 0 Å². The molecule has 1 aliphatic rings. The molecule has 1 fully saturated rings. The Balaban J connectivity index is 1.96. The van der Waals surface area contributed by atoms with Crippen LogP contribution in [0.3, 0.4) is 0 Å². The van der Waals surface area contributed by atoms with E-state index in [9.17, 15) is 23.3 Å². The first-order valence-corrected chi connectivity index (χ1v) is 6.90. The van der Waals surface area contributed by atoms with Gasteiger partial charge < -0.3 is 5.32 Å². The lowest BCUT2D eigenvalue weighted by molar-refractivity contribution is -0.385. The van der Waals surface area contributed by atoms with Gasteiger partial charge in [0.2, 0.25) is 0 Å². The van der Waals surface area contributed by atoms with Gasteiger partial charge in [-0.25, -0.2) is 0 Å². The highest BCUT2D eigenvalue weighted by molar-refractivity contribution is 5.39. The van der Waals surface area contributed by atoms with Crippen LogP contribution < -0.4 is 5.32 Å². The van der Waals surface area contributed by atoms with Crippen molar-refractivity contribution >= 4 is 5.69 Å². The van der Waals surface area contributed by atoms with Crippen molar-refractivity contribution in [2.24, 2.45) is 5.92 Å². The molecule has 1 aliphatic carbocycles. The molecular weight excluding hydrogens is 285 g/mol. The van der Waals surface area contributed by atoms with Gasteiger partial charge in [-0.3, -0.25) is 10.1 Å². The Morgan fingerprint density at radius 1 is 1.29 bits per heavy atom. The third-order valence-corrected chi connectivity index (χ3v) is 3.91. The van der Waals surface area contributed by atoms with Crippen molar-refractivity contribution < 1.29 is 18.1 Å². The van der Waals surface area contributed by atoms with E-state index in [1.165, 1.54) is 6.07 Å². The molecule has 2 atom stereocenters. The van der Waals surface area contributed by atoms with Gasteiger partial charge in [0, 0.05) is 24.2 Å². The predicted molar refractivity (Wildman–Crippen MR) is 71.7 cm³/mol. The molecule has 4 nitrogen and oxygen atoms in total. The summed E-state index contributed by atoms with van der Waals surface area (Å²) in [6.45, 7) is 0.215. The molecule has 2 rings (SSSR count). The highest BCUT2D eigenvalue weighted by Crippen LogP contribution is 2.37. The van der Waals surface area contributed by atoms with Crippen molar-refractivity contribution in [3.05, 3.63) is 39.9 Å². The second-order valence-corrected chi connectivity index (χ2v) is 5.37. The van der Waals surface area contributed by atoms with Crippen LogP contribution in [-0.2, 0) is 6.54 Å². The van der Waals surface area contributed by atoms with Crippen LogP contribution in [0, 0.1) is 16.0 Å². The summed E-state index contributed by atoms with van der Waals surface area (Å²) < 4.78 is 38.2. The number of nitrogens with zero attached hydrogens (tertiary/aromatic N) is 1. The lowest BCUT2D eigenvalue weighted by Gasteiger charge is -2.31. The summed E-state index contributed by atoms with van der Waals surface area (Å²) in [5.74, 6) is -1.27. The zero-order chi connectivity index (χ0) is 15.5. The van der Waals surface area contributed by atoms with E-state index in [-0.39, 0.29) is 31.1 Å². The fourth-order valence-corrected chi connectivity index (χ4v) is 2.77. The molecule has 0 spiro atoms. The molecule has 1 N–H and O–H groups in total. The summed E-state index contributed by atoms with van der Waals surface area (Å²) in [4.78, 5) is 10.4. The first-order valence-electron chi connectivity index (χ1n) is 6.90. The SMILES string of the molecule is O=[N+]([O-])c1ccccc1CNC1CCCC(C(F)(F)F)C1. The van der Waals surface area contributed by atoms with Gasteiger partial charge in [-0.05, 0) is 19.3 Å². The maximum atomic E-state index is 12.7. The average molecular weight is 302 g/mol. The third-order valence-electron chi connectivity index (χ3n) is 3.91. The van der Waals surface area contributed by atoms with Crippen molar-refractivity contribution in [2.75, 3.05) is 0 Å². The predicted octanol–water partition coefficient (Wildman–Crippen LogP) is 3.81. The van der Waals surface area contributed by atoms with Crippen molar-refractivity contribution in [1.29, 1.82) is 0 Å². The van der Waals surface area contributed by atoms with Gasteiger partial charge in [0.05, 0.1) is 10.8 Å². The molecule has 21 heavy (non-hydrogen) atoms. The van der Waals surface area contributed by atoms with Crippen LogP contribution >= 0.6 is 0 Å². The summed E-state index contributed by atoms with van der Waals surface area (Å²) in [6.07, 6.45) is -2.73. The van der Waals surface area contributed by atoms with Crippen molar-refractivity contribution in [3.63, 3.8) is 0 Å². The Labute approximate surface area is 120 Å². The first-order chi connectivity index (χ1) is 9.88. The van der Waals surface area contributed by atoms with E-state index >= 15 is 0 Å². The van der Waals surface area contributed by atoms with E-state index in [1.807, 2.05) is 0 Å². The smallest absolute Gasteiger partial charge is 0.310 e. The normalized spacial score (nSPS) is 23.0. The standard InChI is InChI=1S/C14H17F3N2O2/c15-14(16,17)11-5-3-6-12(8-11)18-9-10-4-1-2-7-13(10)19(20)21/h1-2,4,7,11-12,18H,3,5-6,8-9H2. The fourth-order valence-electron chi connectivity index (χ4n) is 2.77. The quantitative estimate of drug-likeness (QED) is 0.680. The van der Waals surface area contributed by atoms with Crippen molar-refractivity contribution in [3.8, 4) is 0 Å². The van der Waals surface area contributed by atoms with E-state index in [1.54, 1.807) is 18.2 Å². The molecular formula is C14H17F3N2O2. The van der Waals surface area contributed by atoms with Gasteiger partial charge in [0.25, 0.3) is 5.69 Å². The molecule has 1 aromatic carbocycles. The molecule has 0 bridgehead atoms. The zero-order valence-corrected chi connectivity index (χ0v) is 11.4. The third kappa shape index (κ3) is 4.17. The Hall–Kier alpha value is -1.63. The maximum absolute atomic E-state index is 12.7. The number of halogens is 3. The fraction of sp³-hybridized carbons (Fsp3) is 0.571. The molecule has 1 saturated carbocycles. The molecule has 0 aliphatic heterocycles. The van der Waals surface area contributed by atoms with E-state index in [2.05, 4.69) is 5.32 Å². The molecule has 0 aromatic heterocycles. The summed E-state index contributed by atoms with van der Waals surface area (Å²) in [5, 5.41) is 13.9. The summed E-state index contributed by atoms with van der Waals surface area (Å²) in [5.41, 5.74) is 0.491. The van der Waals surface area contributed by atoms with Crippen LogP contribution in [0.4, 0.5) is 18.9 Å². The number of para-hydroxylation sites is 1. The largest absolute Gasteiger partial charge is 0.391 e. The van der Waals surface area contributed by atoms with Crippen molar-refractivity contribution in [1.82, 2.24) is 5.32 Å². The number of rotatable bonds is 4. The van der Waals surface area contributed by atoms with Crippen LogP contribution in [0.5, 0.6) is 0 Å². The van der Waals surface area contributed by atoms with Gasteiger partial charge in [0.15, 0.2) is 0 Å². The minimum Gasteiger partial charge on any atom is -0.310 e. The van der Waals surface area contributed by atoms with Gasteiger partial charge in [-0.15, -0.1) is 0 Å². The topological polar surface area (TPSA) is 55.2 Å². The lowest BCUT2D eigenvalue weighted by Crippen LogP contribution is -2.38. The molecule has 0 saturated heterocycles. The van der Waals surface area contributed by atoms with Crippen LogP contribution in [0.2, 0.25) is 0 Å². The number of hydrogen-bond acceptors (Lipinski definition) is 3. The maximum Gasteiger partial charge on any atom is 0.391 e. The number of hydrogen-bond donors (Lipinski definition) is 1. The Bertz CT molecular complexity index is 505. The molecule has 2 unspecified atom stereocenters. The van der Waals surface area contributed by atoms with Gasteiger partial charge in [-0.1, -0.05) is 24.6 Å². The van der Waals surface area contributed by atoms with E-state index < -0.39 is 17.0 Å². The van der Waals surface area contributed by atoms with Gasteiger partial charge >= 0.3 is 6.18 Å². The van der Waals surface area contributed by atoms with Crippen LogP contribution in [-0.4, -0.2) is 17.1 Å². The zero-order valence-electron chi connectivity index (χ0n) is 11.4. The Kier molecular flexibility index (Phi) is 4.82. The molecule has 0 heterocycles. The average Bonchev–Trinajstić information content (AvgIpc) is 2.45. The lowest BCUT2D eigenvalue weighted by atomic mass is 9.85. The molecule has 0 amide bonds. The minimum atomic E-state index is -4.15. The molecule has 7 heteroatoms. The number of nitro groups is 1. The Morgan fingerprint density at radius 2 is 2.00 bits per heavy atom. The second kappa shape index (κ2) is 6.43. The summed E-state index contributed by atoms with van der Waals surface area (Å²) >= 11 is 0. The highest BCUT2D eigenvalue weighted by Gasteiger charge is 2.42. The molecule has 0 radical (unpaired) electrons. The molecule has 1 aromatic rings. The number of alkyl halides is 3. The van der Waals surface area contributed by atoms with Crippen LogP contribution in [0.15, 0.2) is 24.3 Å². The van der Waals surface area contributed by atoms with Crippen molar-refractivity contribution in [2.45, 2.75) is 44.4 Å². The van der Waals surface area contributed by atoms with E-state index in [0.29, 0.717) is 18.4 Å². The summed E-state index contributed by atoms with van der Waals surface area (Å²) in [7, 11) is 0. The molecule has 116 valence electrons. The number of benzene rings is 1. The van der Waals surface area contributed by atoms with Gasteiger partial charge in [0.1, 0.15) is 0 Å². The van der Waals surface area contributed by atoms with Gasteiger partial charge in [-0.2, -0.15) is 13.2 Å². The van der Waals surface area contributed by atoms with Crippen LogP contribution in [0.25, 0.3) is 0 Å². The number of nitro benzene ring substituents is 1. The highest BCUT2D eigenvalue weighted by atomic mass is 19.4. The minimum absolute atomic E-state index is 0.00631. The number of nitrogens with one attached hydrogen (secondary N) is 1. The Morgan fingerprint density at radius 3 is 2.67 bits per heavy atom.